The monoisotopic (exact) mass is 426 g/mol. The molecule has 1 heterocycles. The Labute approximate surface area is 182 Å². The molecule has 4 aromatic rings. The van der Waals surface area contributed by atoms with Crippen LogP contribution in [0.15, 0.2) is 70.4 Å². The molecule has 4 rings (SSSR count). The van der Waals surface area contributed by atoms with Gasteiger partial charge in [0.25, 0.3) is 10.9 Å². The number of nitrogens with one attached hydrogen (secondary N) is 2. The third-order valence-corrected chi connectivity index (χ3v) is 5.08. The first-order valence-electron chi connectivity index (χ1n) is 9.72. The van der Waals surface area contributed by atoms with Gasteiger partial charge in [-0.25, -0.2) is 0 Å². The van der Waals surface area contributed by atoms with Crippen LogP contribution in [0.3, 0.4) is 0 Å². The molecule has 1 atom stereocenters. The molecule has 0 aliphatic carbocycles. The molecule has 158 valence electrons. The number of aromatic hydroxyl groups is 2. The van der Waals surface area contributed by atoms with Crippen molar-refractivity contribution in [3.8, 4) is 28.8 Å². The molecule has 0 radical (unpaired) electrons. The van der Waals surface area contributed by atoms with Gasteiger partial charge in [-0.05, 0) is 55.0 Å². The Kier molecular flexibility index (Phi) is 5.31. The number of pyridine rings is 1. The van der Waals surface area contributed by atoms with Crippen LogP contribution in [0.4, 0.5) is 17.1 Å². The number of benzene rings is 2. The highest BCUT2D eigenvalue weighted by atomic mass is 16.3. The van der Waals surface area contributed by atoms with Gasteiger partial charge in [-0.1, -0.05) is 12.1 Å². The molecule has 0 saturated heterocycles. The second kappa shape index (κ2) is 8.24. The topological polar surface area (TPSA) is 135 Å². The van der Waals surface area contributed by atoms with E-state index < -0.39 is 10.9 Å². The lowest BCUT2D eigenvalue weighted by molar-refractivity contribution is 0.474. The summed E-state index contributed by atoms with van der Waals surface area (Å²) in [6, 6.07) is 16.1. The summed E-state index contributed by atoms with van der Waals surface area (Å²) in [5, 5.41) is 34.8. The van der Waals surface area contributed by atoms with Crippen molar-refractivity contribution in [2.24, 2.45) is 0 Å². The molecule has 0 spiro atoms. The van der Waals surface area contributed by atoms with E-state index in [1.807, 2.05) is 13.0 Å². The Morgan fingerprint density at radius 1 is 1.00 bits per heavy atom. The van der Waals surface area contributed by atoms with Gasteiger partial charge in [0.05, 0.1) is 11.3 Å². The van der Waals surface area contributed by atoms with Crippen molar-refractivity contribution < 1.29 is 10.2 Å². The van der Waals surface area contributed by atoms with Gasteiger partial charge in [0.1, 0.15) is 28.9 Å². The van der Waals surface area contributed by atoms with Crippen molar-refractivity contribution in [2.45, 2.75) is 13.0 Å². The van der Waals surface area contributed by atoms with Gasteiger partial charge in [-0.15, -0.1) is 0 Å². The van der Waals surface area contributed by atoms with Crippen molar-refractivity contribution in [2.75, 3.05) is 10.6 Å². The molecular weight excluding hydrogens is 408 g/mol. The van der Waals surface area contributed by atoms with Crippen LogP contribution >= 0.6 is 0 Å². The maximum absolute atomic E-state index is 12.2. The molecule has 3 aromatic carbocycles. The molecule has 32 heavy (non-hydrogen) atoms. The van der Waals surface area contributed by atoms with E-state index in [4.69, 9.17) is 5.26 Å². The Hall–Kier alpha value is -4.64. The summed E-state index contributed by atoms with van der Waals surface area (Å²) < 4.78 is 0. The number of hydrogen-bond acceptors (Lipinski definition) is 8. The summed E-state index contributed by atoms with van der Waals surface area (Å²) in [5.41, 5.74) is 1.46. The van der Waals surface area contributed by atoms with Crippen LogP contribution in [0.2, 0.25) is 0 Å². The first kappa shape index (κ1) is 20.6. The molecule has 0 bridgehead atoms. The minimum Gasteiger partial charge on any atom is -0.508 e. The number of hydrogen-bond donors (Lipinski definition) is 4. The number of phenols is 2. The van der Waals surface area contributed by atoms with Gasteiger partial charge < -0.3 is 20.8 Å². The normalized spacial score (nSPS) is 11.6. The Morgan fingerprint density at radius 2 is 1.78 bits per heavy atom. The molecule has 0 unspecified atom stereocenters. The molecular formula is C24H18N4O4. The van der Waals surface area contributed by atoms with E-state index in [1.165, 1.54) is 12.3 Å². The van der Waals surface area contributed by atoms with E-state index in [0.717, 1.165) is 5.56 Å². The highest BCUT2D eigenvalue weighted by Crippen LogP contribution is 2.33. The van der Waals surface area contributed by atoms with Crippen LogP contribution in [0.1, 0.15) is 24.1 Å². The van der Waals surface area contributed by atoms with Gasteiger partial charge in [0, 0.05) is 23.5 Å². The van der Waals surface area contributed by atoms with E-state index in [1.54, 1.807) is 48.5 Å². The van der Waals surface area contributed by atoms with Gasteiger partial charge >= 0.3 is 0 Å². The average Bonchev–Trinajstić information content (AvgIpc) is 2.82. The molecule has 8 nitrogen and oxygen atoms in total. The van der Waals surface area contributed by atoms with Crippen LogP contribution < -0.4 is 21.5 Å². The van der Waals surface area contributed by atoms with Gasteiger partial charge in [0.2, 0.25) is 0 Å². The van der Waals surface area contributed by atoms with Crippen LogP contribution in [0.25, 0.3) is 11.3 Å². The second-order valence-corrected chi connectivity index (χ2v) is 7.27. The van der Waals surface area contributed by atoms with Gasteiger partial charge in [-0.2, -0.15) is 5.26 Å². The average molecular weight is 426 g/mol. The lowest BCUT2D eigenvalue weighted by Gasteiger charge is -2.20. The second-order valence-electron chi connectivity index (χ2n) is 7.27. The summed E-state index contributed by atoms with van der Waals surface area (Å²) in [6.07, 6.45) is 1.40. The van der Waals surface area contributed by atoms with E-state index in [0.29, 0.717) is 22.5 Å². The summed E-state index contributed by atoms with van der Waals surface area (Å²) in [7, 11) is 0. The molecule has 0 aliphatic heterocycles. The van der Waals surface area contributed by atoms with Gasteiger partial charge in [-0.3, -0.25) is 14.6 Å². The summed E-state index contributed by atoms with van der Waals surface area (Å²) in [4.78, 5) is 28.5. The number of aromatic nitrogens is 1. The zero-order valence-electron chi connectivity index (χ0n) is 17.0. The predicted octanol–water partition coefficient (Wildman–Crippen LogP) is 3.54. The smallest absolute Gasteiger partial charge is 0.253 e. The number of anilines is 3. The first-order valence-corrected chi connectivity index (χ1v) is 9.72. The van der Waals surface area contributed by atoms with Crippen molar-refractivity contribution in [3.05, 3.63) is 92.4 Å². The lowest BCUT2D eigenvalue weighted by atomic mass is 10.1. The number of nitrogens with zero attached hydrogens (tertiary/aromatic N) is 2. The Morgan fingerprint density at radius 3 is 2.47 bits per heavy atom. The Bertz CT molecular complexity index is 1410. The highest BCUT2D eigenvalue weighted by molar-refractivity contribution is 5.81. The van der Waals surface area contributed by atoms with E-state index in [-0.39, 0.29) is 28.9 Å². The minimum atomic E-state index is -0.651. The van der Waals surface area contributed by atoms with Crippen LogP contribution in [0, 0.1) is 11.3 Å². The number of nitriles is 1. The van der Waals surface area contributed by atoms with E-state index in [2.05, 4.69) is 15.6 Å². The Balaban J connectivity index is 1.60. The SMILES string of the molecule is C[C@@H](Nc1c(Nc2ccc(O)c(-c3ccc(C#N)cn3)c2)c(=O)c1=O)c1cccc(O)c1. The largest absolute Gasteiger partial charge is 0.508 e. The molecule has 0 fully saturated rings. The fourth-order valence-electron chi connectivity index (χ4n) is 3.33. The van der Waals surface area contributed by atoms with Crippen molar-refractivity contribution in [3.63, 3.8) is 0 Å². The zero-order chi connectivity index (χ0) is 22.8. The predicted molar refractivity (Wildman–Crippen MR) is 121 cm³/mol. The molecule has 1 aromatic heterocycles. The molecule has 0 saturated carbocycles. The van der Waals surface area contributed by atoms with E-state index >= 15 is 0 Å². The van der Waals surface area contributed by atoms with Crippen LogP contribution in [-0.2, 0) is 0 Å². The maximum Gasteiger partial charge on any atom is 0.253 e. The highest BCUT2D eigenvalue weighted by Gasteiger charge is 2.23. The first-order chi connectivity index (χ1) is 15.4. The molecule has 8 heteroatoms. The van der Waals surface area contributed by atoms with Crippen LogP contribution in [-0.4, -0.2) is 15.2 Å². The third-order valence-electron chi connectivity index (χ3n) is 5.08. The summed E-state index contributed by atoms with van der Waals surface area (Å²) >= 11 is 0. The number of phenolic OH excluding ortho intramolecular Hbond substituents is 2. The molecule has 0 amide bonds. The van der Waals surface area contributed by atoms with E-state index in [9.17, 15) is 19.8 Å². The quantitative estimate of drug-likeness (QED) is 0.272. The fourth-order valence-corrected chi connectivity index (χ4v) is 3.33. The summed E-state index contributed by atoms with van der Waals surface area (Å²) in [5.74, 6) is 0.0844. The minimum absolute atomic E-state index is 0.0198. The molecule has 0 aliphatic rings. The third kappa shape index (κ3) is 3.87. The summed E-state index contributed by atoms with van der Waals surface area (Å²) in [6.45, 7) is 1.81. The van der Waals surface area contributed by atoms with Crippen LogP contribution in [0.5, 0.6) is 11.5 Å². The maximum atomic E-state index is 12.2. The zero-order valence-corrected chi connectivity index (χ0v) is 17.0. The van der Waals surface area contributed by atoms with Gasteiger partial charge in [0.15, 0.2) is 0 Å². The standard InChI is InChI=1S/C24H18N4O4/c1-13(15-3-2-4-17(29)9-15)27-21-22(24(32)23(21)31)28-16-6-8-20(30)18(10-16)19-7-5-14(11-25)12-26-19/h2-10,12-13,27-30H,1H3/t13-/m1/s1. The fraction of sp³-hybridized carbons (Fsp3) is 0.0833. The number of rotatable bonds is 6. The van der Waals surface area contributed by atoms with Crippen molar-refractivity contribution in [1.29, 1.82) is 5.26 Å². The lowest BCUT2D eigenvalue weighted by Crippen LogP contribution is -2.37. The molecule has 4 N–H and O–H groups in total. The van der Waals surface area contributed by atoms with Crippen molar-refractivity contribution in [1.82, 2.24) is 4.98 Å². The van der Waals surface area contributed by atoms with Crippen molar-refractivity contribution >= 4 is 17.1 Å².